The highest BCUT2D eigenvalue weighted by Crippen LogP contribution is 2.48. The summed E-state index contributed by atoms with van der Waals surface area (Å²) in [6.07, 6.45) is 6.68. The minimum atomic E-state index is -3.94. The van der Waals surface area contributed by atoms with Gasteiger partial charge < -0.3 is 14.7 Å². The first-order chi connectivity index (χ1) is 18.0. The van der Waals surface area contributed by atoms with Gasteiger partial charge in [0.1, 0.15) is 12.0 Å². The molecule has 0 aliphatic carbocycles. The maximum atomic E-state index is 14.4. The Morgan fingerprint density at radius 1 is 1.13 bits per heavy atom. The van der Waals surface area contributed by atoms with Crippen molar-refractivity contribution >= 4 is 38.9 Å². The Bertz CT molecular complexity index is 1310. The Morgan fingerprint density at radius 3 is 2.34 bits per heavy atom. The fourth-order valence-electron chi connectivity index (χ4n) is 4.77. The summed E-state index contributed by atoms with van der Waals surface area (Å²) in [6, 6.07) is 6.28. The highest BCUT2D eigenvalue weighted by molar-refractivity contribution is 7.98. The third-order valence-electron chi connectivity index (χ3n) is 6.69. The van der Waals surface area contributed by atoms with Crippen LogP contribution in [0.3, 0.4) is 0 Å². The second-order valence-electron chi connectivity index (χ2n) is 9.51. The lowest BCUT2D eigenvalue weighted by atomic mass is 9.79. The van der Waals surface area contributed by atoms with Crippen LogP contribution < -0.4 is 9.64 Å². The van der Waals surface area contributed by atoms with E-state index in [1.807, 2.05) is 13.8 Å². The zero-order valence-corrected chi connectivity index (χ0v) is 23.2. The second kappa shape index (κ2) is 12.5. The number of anilines is 2. The Balaban J connectivity index is 2.28. The van der Waals surface area contributed by atoms with Crippen LogP contribution in [-0.4, -0.2) is 38.0 Å². The van der Waals surface area contributed by atoms with Gasteiger partial charge in [0.25, 0.3) is 0 Å². The average Bonchev–Trinajstić information content (AvgIpc) is 2.97. The number of benzene rings is 2. The van der Waals surface area contributed by atoms with E-state index in [1.165, 1.54) is 23.9 Å². The molecule has 0 amide bonds. The number of nitrogens with zero attached hydrogens (tertiary/aromatic N) is 1. The number of ether oxygens (including phenoxy) is 1. The molecule has 1 N–H and O–H groups in total. The number of rotatable bonds is 11. The normalized spacial score (nSPS) is 16.6. The molecule has 0 aromatic heterocycles. The Kier molecular flexibility index (Phi) is 9.80. The summed E-state index contributed by atoms with van der Waals surface area (Å²) in [5.74, 6) is -5.62. The van der Waals surface area contributed by atoms with Crippen molar-refractivity contribution in [2.45, 2.75) is 62.2 Å². The van der Waals surface area contributed by atoms with Crippen molar-refractivity contribution < 1.29 is 36.2 Å². The molecule has 2 aromatic rings. The molecule has 0 radical (unpaired) electrons. The number of aliphatic carboxylic acids is 1. The van der Waals surface area contributed by atoms with Gasteiger partial charge in [0.05, 0.1) is 21.2 Å². The van der Waals surface area contributed by atoms with Crippen LogP contribution in [0.2, 0.25) is 0 Å². The predicted molar refractivity (Wildman–Crippen MR) is 143 cm³/mol. The number of unbranched alkanes of at least 4 members (excludes halogenated alkanes) is 2. The maximum absolute atomic E-state index is 14.4. The summed E-state index contributed by atoms with van der Waals surface area (Å²) in [7, 11) is -3.94. The van der Waals surface area contributed by atoms with E-state index in [9.17, 15) is 26.4 Å². The molecule has 0 bridgehead atoms. The lowest BCUT2D eigenvalue weighted by Crippen LogP contribution is -2.38. The summed E-state index contributed by atoms with van der Waals surface area (Å²) >= 11 is 1.19. The number of fused-ring (bicyclic) bond motifs is 1. The third kappa shape index (κ3) is 6.66. The van der Waals surface area contributed by atoms with Crippen molar-refractivity contribution in [3.05, 3.63) is 54.1 Å². The molecular formula is C27H32F3NO5S2. The molecule has 6 nitrogen and oxygen atoms in total. The number of thioether (sulfide) groups is 1. The zero-order chi connectivity index (χ0) is 28.1. The van der Waals surface area contributed by atoms with Crippen LogP contribution in [-0.2, 0) is 14.6 Å². The van der Waals surface area contributed by atoms with Crippen molar-refractivity contribution in [2.75, 3.05) is 23.5 Å². The quantitative estimate of drug-likeness (QED) is 0.173. The lowest BCUT2D eigenvalue weighted by molar-refractivity contribution is -0.134. The number of carboxylic acids is 1. The van der Waals surface area contributed by atoms with Gasteiger partial charge in [0, 0.05) is 29.8 Å². The van der Waals surface area contributed by atoms with Gasteiger partial charge in [0.2, 0.25) is 5.83 Å². The molecule has 208 valence electrons. The van der Waals surface area contributed by atoms with E-state index in [0.29, 0.717) is 29.7 Å². The zero-order valence-electron chi connectivity index (χ0n) is 21.6. The van der Waals surface area contributed by atoms with Crippen molar-refractivity contribution in [1.29, 1.82) is 0 Å². The summed E-state index contributed by atoms with van der Waals surface area (Å²) in [4.78, 5) is 12.9. The van der Waals surface area contributed by atoms with Crippen LogP contribution >= 0.6 is 11.8 Å². The van der Waals surface area contributed by atoms with E-state index < -0.39 is 38.7 Å². The molecule has 11 heteroatoms. The molecule has 3 rings (SSSR count). The van der Waals surface area contributed by atoms with Gasteiger partial charge >= 0.3 is 5.97 Å². The molecule has 1 heterocycles. The molecule has 0 fully saturated rings. The maximum Gasteiger partial charge on any atom is 0.368 e. The van der Waals surface area contributed by atoms with E-state index in [2.05, 4.69) is 0 Å². The molecule has 38 heavy (non-hydrogen) atoms. The topological polar surface area (TPSA) is 83.9 Å². The fraction of sp³-hybridized carbons (Fsp3) is 0.444. The molecule has 1 aliphatic heterocycles. The van der Waals surface area contributed by atoms with E-state index in [4.69, 9.17) is 9.84 Å². The van der Waals surface area contributed by atoms with Crippen molar-refractivity contribution in [3.63, 3.8) is 0 Å². The molecule has 0 saturated carbocycles. The molecule has 0 unspecified atom stereocenters. The van der Waals surface area contributed by atoms with Gasteiger partial charge in [-0.05, 0) is 37.3 Å². The summed E-state index contributed by atoms with van der Waals surface area (Å²) in [6.45, 7) is 4.32. The number of halogens is 3. The molecule has 0 spiro atoms. The summed E-state index contributed by atoms with van der Waals surface area (Å²) in [5.41, 5.74) is -0.0904. The second-order valence-corrected chi connectivity index (χ2v) is 12.3. The van der Waals surface area contributed by atoms with Crippen LogP contribution in [0.5, 0.6) is 5.75 Å². The first-order valence-corrected chi connectivity index (χ1v) is 15.3. The predicted octanol–water partition coefficient (Wildman–Crippen LogP) is 7.25. The smallest absolute Gasteiger partial charge is 0.368 e. The van der Waals surface area contributed by atoms with Gasteiger partial charge in [-0.1, -0.05) is 39.5 Å². The number of hydrogen-bond acceptors (Lipinski definition) is 6. The minimum Gasteiger partial charge on any atom is -0.476 e. The van der Waals surface area contributed by atoms with Gasteiger partial charge in [-0.2, -0.15) is 4.39 Å². The summed E-state index contributed by atoms with van der Waals surface area (Å²) < 4.78 is 75.0. The van der Waals surface area contributed by atoms with Crippen LogP contribution in [0.1, 0.15) is 52.4 Å². The van der Waals surface area contributed by atoms with Gasteiger partial charge in [-0.15, -0.1) is 11.8 Å². The molecule has 1 aliphatic rings. The van der Waals surface area contributed by atoms with Crippen molar-refractivity contribution in [1.82, 2.24) is 0 Å². The van der Waals surface area contributed by atoms with Crippen LogP contribution in [0.4, 0.5) is 24.5 Å². The van der Waals surface area contributed by atoms with Crippen LogP contribution in [0, 0.1) is 17.0 Å². The first-order valence-electron chi connectivity index (χ1n) is 12.4. The highest BCUT2D eigenvalue weighted by Gasteiger charge is 2.42. The first kappa shape index (κ1) is 29.9. The number of hydrogen-bond donors (Lipinski definition) is 1. The van der Waals surface area contributed by atoms with Crippen LogP contribution in [0.25, 0.3) is 0 Å². The standard InChI is InChI=1S/C27H32F3NO5S2/c1-4-6-10-27(11-7-5-2)16-31(18-8-9-19(28)20(29)12-18)22-13-24(37-3)23(36-15-21(30)26(32)33)14-25(22)38(34,35)17-27/h8-9,12-15H,4-7,10-11,16-17H2,1-3H3,(H,32,33). The molecule has 2 aromatic carbocycles. The minimum absolute atomic E-state index is 0.0314. The van der Waals surface area contributed by atoms with E-state index in [1.54, 1.807) is 17.2 Å². The molecular weight excluding hydrogens is 539 g/mol. The molecule has 0 atom stereocenters. The highest BCUT2D eigenvalue weighted by atomic mass is 32.2. The largest absolute Gasteiger partial charge is 0.476 e. The Morgan fingerprint density at radius 2 is 1.79 bits per heavy atom. The average molecular weight is 572 g/mol. The Labute approximate surface area is 225 Å². The third-order valence-corrected chi connectivity index (χ3v) is 9.44. The summed E-state index contributed by atoms with van der Waals surface area (Å²) in [5, 5.41) is 8.81. The van der Waals surface area contributed by atoms with Gasteiger partial charge in [-0.25, -0.2) is 22.0 Å². The fourth-order valence-corrected chi connectivity index (χ4v) is 7.42. The van der Waals surface area contributed by atoms with E-state index >= 15 is 0 Å². The van der Waals surface area contributed by atoms with E-state index in [0.717, 1.165) is 37.8 Å². The van der Waals surface area contributed by atoms with Gasteiger partial charge in [-0.3, -0.25) is 0 Å². The number of carboxylic acid groups (broad SMARTS) is 1. The SMILES string of the molecule is CCCCC1(CCCC)CN(c2ccc(F)c(F)c2)c2cc(SC)c(OC=C(F)C(=O)O)cc2S(=O)(=O)C1. The molecule has 0 saturated heterocycles. The lowest BCUT2D eigenvalue weighted by Gasteiger charge is -2.37. The van der Waals surface area contributed by atoms with Crippen LogP contribution in [0.15, 0.2) is 52.2 Å². The Hall–Kier alpha value is -2.66. The van der Waals surface area contributed by atoms with Gasteiger partial charge in [0.15, 0.2) is 21.5 Å². The monoisotopic (exact) mass is 571 g/mol. The van der Waals surface area contributed by atoms with E-state index in [-0.39, 0.29) is 28.6 Å². The number of sulfone groups is 1. The van der Waals surface area contributed by atoms with Crippen molar-refractivity contribution in [2.24, 2.45) is 5.41 Å². The number of carbonyl (C=O) groups is 1. The van der Waals surface area contributed by atoms with Crippen molar-refractivity contribution in [3.8, 4) is 5.75 Å².